The second kappa shape index (κ2) is 6.81. The van der Waals surface area contributed by atoms with Gasteiger partial charge in [-0.1, -0.05) is 0 Å². The SMILES string of the molecule is COc1ccc(-c2cn3c(C(=O)Nc4ccc(F)c(F)c4)csc3n2)cc1. The summed E-state index contributed by atoms with van der Waals surface area (Å²) in [6.45, 7) is 0. The highest BCUT2D eigenvalue weighted by atomic mass is 32.1. The molecule has 2 aromatic heterocycles. The van der Waals surface area contributed by atoms with E-state index in [0.717, 1.165) is 23.4 Å². The number of imidazole rings is 1. The summed E-state index contributed by atoms with van der Waals surface area (Å²) in [5, 5.41) is 4.23. The van der Waals surface area contributed by atoms with Crippen molar-refractivity contribution in [3.8, 4) is 17.0 Å². The zero-order valence-electron chi connectivity index (χ0n) is 14.1. The Balaban J connectivity index is 1.62. The average Bonchev–Trinajstić information content (AvgIpc) is 3.25. The van der Waals surface area contributed by atoms with Gasteiger partial charge in [0.1, 0.15) is 11.4 Å². The fraction of sp³-hybridized carbons (Fsp3) is 0.0526. The smallest absolute Gasteiger partial charge is 0.273 e. The van der Waals surface area contributed by atoms with Crippen LogP contribution in [0.25, 0.3) is 16.2 Å². The topological polar surface area (TPSA) is 55.6 Å². The van der Waals surface area contributed by atoms with Crippen LogP contribution in [0.3, 0.4) is 0 Å². The Bertz CT molecular complexity index is 1140. The number of methoxy groups -OCH3 is 1. The molecule has 1 N–H and O–H groups in total. The van der Waals surface area contributed by atoms with E-state index in [1.807, 2.05) is 24.3 Å². The number of aromatic nitrogens is 2. The van der Waals surface area contributed by atoms with Gasteiger partial charge in [0.2, 0.25) is 0 Å². The first-order chi connectivity index (χ1) is 13.0. The van der Waals surface area contributed by atoms with Crippen LogP contribution in [-0.2, 0) is 0 Å². The van der Waals surface area contributed by atoms with Crippen molar-refractivity contribution in [3.05, 3.63) is 71.4 Å². The van der Waals surface area contributed by atoms with E-state index in [9.17, 15) is 13.6 Å². The highest BCUT2D eigenvalue weighted by Crippen LogP contribution is 2.26. The number of thiazole rings is 1. The monoisotopic (exact) mass is 385 g/mol. The molecule has 0 saturated heterocycles. The minimum Gasteiger partial charge on any atom is -0.497 e. The van der Waals surface area contributed by atoms with Gasteiger partial charge in [-0.25, -0.2) is 13.8 Å². The van der Waals surface area contributed by atoms with Gasteiger partial charge in [0.05, 0.1) is 12.8 Å². The summed E-state index contributed by atoms with van der Waals surface area (Å²) in [7, 11) is 1.60. The third-order valence-electron chi connectivity index (χ3n) is 4.00. The molecule has 27 heavy (non-hydrogen) atoms. The number of halogens is 2. The number of amides is 1. The van der Waals surface area contributed by atoms with Crippen molar-refractivity contribution in [2.75, 3.05) is 12.4 Å². The van der Waals surface area contributed by atoms with Crippen LogP contribution in [0.15, 0.2) is 54.0 Å². The first-order valence-electron chi connectivity index (χ1n) is 7.92. The molecule has 0 unspecified atom stereocenters. The van der Waals surface area contributed by atoms with Gasteiger partial charge in [-0.15, -0.1) is 11.3 Å². The molecule has 4 aromatic rings. The largest absolute Gasteiger partial charge is 0.497 e. The van der Waals surface area contributed by atoms with E-state index in [2.05, 4.69) is 10.3 Å². The summed E-state index contributed by atoms with van der Waals surface area (Å²) >= 11 is 1.31. The van der Waals surface area contributed by atoms with E-state index in [1.54, 1.807) is 23.1 Å². The first-order valence-corrected chi connectivity index (χ1v) is 8.80. The number of hydrogen-bond acceptors (Lipinski definition) is 4. The summed E-state index contributed by atoms with van der Waals surface area (Å²) in [6, 6.07) is 10.6. The molecular weight excluding hydrogens is 372 g/mol. The van der Waals surface area contributed by atoms with E-state index in [1.165, 1.54) is 17.4 Å². The molecule has 8 heteroatoms. The number of nitrogens with one attached hydrogen (secondary N) is 1. The maximum absolute atomic E-state index is 13.3. The number of anilines is 1. The third kappa shape index (κ3) is 3.26. The normalized spacial score (nSPS) is 10.9. The Hall–Kier alpha value is -3.26. The molecular formula is C19H13F2N3O2S. The van der Waals surface area contributed by atoms with Crippen LogP contribution in [0, 0.1) is 11.6 Å². The Morgan fingerprint density at radius 1 is 1.15 bits per heavy atom. The van der Waals surface area contributed by atoms with Gasteiger partial charge in [0.25, 0.3) is 5.91 Å². The standard InChI is InChI=1S/C19H13F2N3O2S/c1-26-13-5-2-11(3-6-13)16-9-24-17(10-27-19(24)23-16)18(25)22-12-4-7-14(20)15(21)8-12/h2-10H,1H3,(H,22,25). The maximum Gasteiger partial charge on any atom is 0.273 e. The van der Waals surface area contributed by atoms with Crippen LogP contribution < -0.4 is 10.1 Å². The molecule has 2 aromatic carbocycles. The number of nitrogens with zero attached hydrogens (tertiary/aromatic N) is 2. The maximum atomic E-state index is 13.3. The van der Waals surface area contributed by atoms with E-state index >= 15 is 0 Å². The van der Waals surface area contributed by atoms with Gasteiger partial charge in [-0.3, -0.25) is 9.20 Å². The molecule has 0 aliphatic carbocycles. The van der Waals surface area contributed by atoms with Crippen molar-refractivity contribution in [2.45, 2.75) is 0 Å². The quantitative estimate of drug-likeness (QED) is 0.559. The zero-order chi connectivity index (χ0) is 19.0. The van der Waals surface area contributed by atoms with Crippen LogP contribution in [-0.4, -0.2) is 22.4 Å². The first kappa shape index (κ1) is 17.2. The molecule has 4 rings (SSSR count). The van der Waals surface area contributed by atoms with Crippen LogP contribution in [0.5, 0.6) is 5.75 Å². The van der Waals surface area contributed by atoms with Gasteiger partial charge in [-0.2, -0.15) is 0 Å². The van der Waals surface area contributed by atoms with E-state index < -0.39 is 17.5 Å². The number of carbonyl (C=O) groups excluding carboxylic acids is 1. The summed E-state index contributed by atoms with van der Waals surface area (Å²) in [6.07, 6.45) is 1.76. The Morgan fingerprint density at radius 2 is 1.93 bits per heavy atom. The molecule has 2 heterocycles. The molecule has 136 valence electrons. The predicted octanol–water partition coefficient (Wildman–Crippen LogP) is 4.60. The highest BCUT2D eigenvalue weighted by molar-refractivity contribution is 7.15. The summed E-state index contributed by atoms with van der Waals surface area (Å²) in [4.78, 5) is 17.7. The fourth-order valence-corrected chi connectivity index (χ4v) is 3.47. The number of fused-ring (bicyclic) bond motifs is 1. The summed E-state index contributed by atoms with van der Waals surface area (Å²) < 4.78 is 33.2. The summed E-state index contributed by atoms with van der Waals surface area (Å²) in [5.41, 5.74) is 2.13. The highest BCUT2D eigenvalue weighted by Gasteiger charge is 2.16. The lowest BCUT2D eigenvalue weighted by atomic mass is 10.2. The molecule has 0 aliphatic rings. The Kier molecular flexibility index (Phi) is 4.33. The summed E-state index contributed by atoms with van der Waals surface area (Å²) in [5.74, 6) is -1.69. The lowest BCUT2D eigenvalue weighted by molar-refractivity contribution is 0.102. The molecule has 0 spiro atoms. The van der Waals surface area contributed by atoms with Crippen molar-refractivity contribution in [1.82, 2.24) is 9.38 Å². The molecule has 0 aliphatic heterocycles. The van der Waals surface area contributed by atoms with Crippen molar-refractivity contribution in [3.63, 3.8) is 0 Å². The number of benzene rings is 2. The van der Waals surface area contributed by atoms with Crippen LogP contribution >= 0.6 is 11.3 Å². The Labute approximate surface area is 156 Å². The van der Waals surface area contributed by atoms with Crippen LogP contribution in [0.4, 0.5) is 14.5 Å². The van der Waals surface area contributed by atoms with E-state index in [-0.39, 0.29) is 5.69 Å². The lowest BCUT2D eigenvalue weighted by Gasteiger charge is -2.05. The average molecular weight is 385 g/mol. The molecule has 0 bridgehead atoms. The van der Waals surface area contributed by atoms with Crippen LogP contribution in [0.1, 0.15) is 10.5 Å². The third-order valence-corrected chi connectivity index (χ3v) is 4.84. The lowest BCUT2D eigenvalue weighted by Crippen LogP contribution is -2.14. The molecule has 5 nitrogen and oxygen atoms in total. The number of rotatable bonds is 4. The van der Waals surface area contributed by atoms with E-state index in [0.29, 0.717) is 16.3 Å². The molecule has 0 saturated carbocycles. The van der Waals surface area contributed by atoms with Gasteiger partial charge < -0.3 is 10.1 Å². The van der Waals surface area contributed by atoms with Crippen molar-refractivity contribution in [1.29, 1.82) is 0 Å². The molecule has 0 fully saturated rings. The predicted molar refractivity (Wildman–Crippen MR) is 99.4 cm³/mol. The van der Waals surface area contributed by atoms with Gasteiger partial charge >= 0.3 is 0 Å². The van der Waals surface area contributed by atoms with Gasteiger partial charge in [0, 0.05) is 28.9 Å². The Morgan fingerprint density at radius 3 is 2.63 bits per heavy atom. The molecule has 0 radical (unpaired) electrons. The van der Waals surface area contributed by atoms with Crippen molar-refractivity contribution >= 4 is 27.9 Å². The van der Waals surface area contributed by atoms with Gasteiger partial charge in [0.15, 0.2) is 16.6 Å². The van der Waals surface area contributed by atoms with Crippen LogP contribution in [0.2, 0.25) is 0 Å². The van der Waals surface area contributed by atoms with Gasteiger partial charge in [-0.05, 0) is 36.4 Å². The minimum absolute atomic E-state index is 0.175. The second-order valence-electron chi connectivity index (χ2n) is 5.71. The number of carbonyl (C=O) groups is 1. The minimum atomic E-state index is -1.02. The zero-order valence-corrected chi connectivity index (χ0v) is 14.9. The van der Waals surface area contributed by atoms with E-state index in [4.69, 9.17) is 4.74 Å². The van der Waals surface area contributed by atoms with Crippen molar-refractivity contribution in [2.24, 2.45) is 0 Å². The fourth-order valence-electron chi connectivity index (χ4n) is 2.62. The number of hydrogen-bond donors (Lipinski definition) is 1. The molecule has 1 amide bonds. The van der Waals surface area contributed by atoms with Crippen molar-refractivity contribution < 1.29 is 18.3 Å². The second-order valence-corrected chi connectivity index (χ2v) is 6.55. The molecule has 0 atom stereocenters. The number of ether oxygens (including phenoxy) is 1.